The van der Waals surface area contributed by atoms with E-state index < -0.39 is 61.4 Å². The molecular formula is C62H66O11. The first-order valence-electron chi connectivity index (χ1n) is 25.2. The van der Waals surface area contributed by atoms with E-state index in [9.17, 15) is 0 Å². The maximum absolute atomic E-state index is 7.51. The van der Waals surface area contributed by atoms with Crippen molar-refractivity contribution in [1.82, 2.24) is 0 Å². The van der Waals surface area contributed by atoms with E-state index in [4.69, 9.17) is 52.1 Å². The van der Waals surface area contributed by atoms with Gasteiger partial charge in [0.15, 0.2) is 12.6 Å². The average molecular weight is 987 g/mol. The molecule has 10 atom stereocenters. The molecule has 7 aromatic rings. The van der Waals surface area contributed by atoms with Crippen LogP contribution in [0.25, 0.3) is 0 Å². The van der Waals surface area contributed by atoms with E-state index in [1.807, 2.05) is 212 Å². The third kappa shape index (κ3) is 15.3. The Bertz CT molecular complexity index is 2560. The Balaban J connectivity index is 1.11. The molecule has 0 N–H and O–H groups in total. The Hall–Kier alpha value is -5.90. The van der Waals surface area contributed by atoms with Crippen molar-refractivity contribution < 1.29 is 52.1 Å². The van der Waals surface area contributed by atoms with Gasteiger partial charge in [-0.2, -0.15) is 0 Å². The first-order valence-corrected chi connectivity index (χ1v) is 25.2. The molecule has 0 amide bonds. The standard InChI is InChI=1S/C62H66O11/c1-63-61-59(69-42-51-33-19-7-20-34-51)58(68-41-50-31-17-6-18-32-50)56(54(71-61)45-65-38-47-25-11-3-12-26-47)73-62-60(70-43-52-35-21-8-22-36-52)57(67-40-49-29-15-5-16-30-49)55(66-39-48-27-13-4-14-28-48)53(72-62)44-64-37-46-23-9-2-10-24-46/h2-36,53-62H,37-45H2,1H3/t53-,54-,55-,56-,57+,58+,59-,60-,61-,62+/m1/s1. The quantitative estimate of drug-likeness (QED) is 0.0518. The fourth-order valence-electron chi connectivity index (χ4n) is 9.14. The third-order valence-electron chi connectivity index (χ3n) is 12.9. The van der Waals surface area contributed by atoms with Gasteiger partial charge in [-0.25, -0.2) is 0 Å². The number of benzene rings is 7. The van der Waals surface area contributed by atoms with Crippen LogP contribution in [0.15, 0.2) is 212 Å². The zero-order chi connectivity index (χ0) is 49.7. The molecule has 0 saturated carbocycles. The topological polar surface area (TPSA) is 102 Å². The van der Waals surface area contributed by atoms with Gasteiger partial charge in [-0.3, -0.25) is 0 Å². The van der Waals surface area contributed by atoms with Gasteiger partial charge in [0.1, 0.15) is 48.8 Å². The summed E-state index contributed by atoms with van der Waals surface area (Å²) in [5, 5.41) is 0. The van der Waals surface area contributed by atoms with Gasteiger partial charge in [0.2, 0.25) is 0 Å². The van der Waals surface area contributed by atoms with Crippen molar-refractivity contribution in [2.75, 3.05) is 20.3 Å². The maximum atomic E-state index is 7.51. The molecule has 11 nitrogen and oxygen atoms in total. The van der Waals surface area contributed by atoms with Gasteiger partial charge in [-0.15, -0.1) is 0 Å². The Kier molecular flexibility index (Phi) is 19.9. The lowest BCUT2D eigenvalue weighted by Gasteiger charge is -2.50. The van der Waals surface area contributed by atoms with E-state index in [1.165, 1.54) is 0 Å². The highest BCUT2D eigenvalue weighted by Gasteiger charge is 2.54. The molecule has 380 valence electrons. The van der Waals surface area contributed by atoms with Crippen LogP contribution in [0, 0.1) is 0 Å². The minimum absolute atomic E-state index is 0.124. The normalized spacial score (nSPS) is 24.0. The third-order valence-corrected chi connectivity index (χ3v) is 12.9. The largest absolute Gasteiger partial charge is 0.374 e. The first-order chi connectivity index (χ1) is 36.2. The SMILES string of the molecule is CO[C@@H]1O[C@H](COCc2ccccc2)[C@@H](O[C@@H]2O[C@H](COCc3ccccc3)[C@@H](OCc3ccccc3)[C@H](OCc3ccccc3)[C@H]2OCc2ccccc2)[C@H](OCc2ccccc2)[C@H]1OCc1ccccc1. The van der Waals surface area contributed by atoms with Gasteiger partial charge >= 0.3 is 0 Å². The molecule has 9 rings (SSSR count). The second-order valence-electron chi connectivity index (χ2n) is 18.2. The Morgan fingerprint density at radius 3 is 0.890 bits per heavy atom. The van der Waals surface area contributed by atoms with E-state index >= 15 is 0 Å². The molecule has 0 spiro atoms. The summed E-state index contributed by atoms with van der Waals surface area (Å²) >= 11 is 0. The molecular weight excluding hydrogens is 921 g/mol. The van der Waals surface area contributed by atoms with Crippen LogP contribution in [0.5, 0.6) is 0 Å². The van der Waals surface area contributed by atoms with E-state index in [1.54, 1.807) is 7.11 Å². The summed E-state index contributed by atoms with van der Waals surface area (Å²) < 4.78 is 75.9. The summed E-state index contributed by atoms with van der Waals surface area (Å²) in [5.41, 5.74) is 6.95. The van der Waals surface area contributed by atoms with Crippen molar-refractivity contribution in [3.8, 4) is 0 Å². The number of rotatable bonds is 26. The average Bonchev–Trinajstić information content (AvgIpc) is 3.45. The number of ether oxygens (including phenoxy) is 11. The van der Waals surface area contributed by atoms with Crippen molar-refractivity contribution in [2.45, 2.75) is 108 Å². The molecule has 0 radical (unpaired) electrons. The van der Waals surface area contributed by atoms with Crippen LogP contribution < -0.4 is 0 Å². The van der Waals surface area contributed by atoms with E-state index in [0.29, 0.717) is 13.2 Å². The van der Waals surface area contributed by atoms with Gasteiger partial charge in [0.25, 0.3) is 0 Å². The van der Waals surface area contributed by atoms with Gasteiger partial charge < -0.3 is 52.1 Å². The van der Waals surface area contributed by atoms with Gasteiger partial charge in [-0.05, 0) is 38.9 Å². The number of hydrogen-bond donors (Lipinski definition) is 0. The number of hydrogen-bond acceptors (Lipinski definition) is 11. The van der Waals surface area contributed by atoms with Crippen molar-refractivity contribution in [3.05, 3.63) is 251 Å². The summed E-state index contributed by atoms with van der Waals surface area (Å²) in [4.78, 5) is 0. The van der Waals surface area contributed by atoms with Crippen molar-refractivity contribution in [1.29, 1.82) is 0 Å². The molecule has 11 heteroatoms. The van der Waals surface area contributed by atoms with Crippen LogP contribution in [0.3, 0.4) is 0 Å². The van der Waals surface area contributed by atoms with Crippen LogP contribution in [-0.4, -0.2) is 81.7 Å². The summed E-state index contributed by atoms with van der Waals surface area (Å²) in [5.74, 6) is 0. The molecule has 2 aliphatic heterocycles. The van der Waals surface area contributed by atoms with E-state index in [-0.39, 0.29) is 46.2 Å². The van der Waals surface area contributed by atoms with Crippen molar-refractivity contribution in [2.24, 2.45) is 0 Å². The first kappa shape index (κ1) is 52.0. The summed E-state index contributed by atoms with van der Waals surface area (Å²) in [6.45, 7) is 2.27. The van der Waals surface area contributed by atoms with Crippen LogP contribution in [0.2, 0.25) is 0 Å². The van der Waals surface area contributed by atoms with Crippen LogP contribution in [0.1, 0.15) is 38.9 Å². The molecule has 0 bridgehead atoms. The Morgan fingerprint density at radius 2 is 0.548 bits per heavy atom. The Labute approximate surface area is 429 Å². The zero-order valence-electron chi connectivity index (χ0n) is 41.3. The summed E-state index contributed by atoms with van der Waals surface area (Å²) in [7, 11) is 1.61. The molecule has 7 aromatic carbocycles. The minimum Gasteiger partial charge on any atom is -0.374 e. The molecule has 0 aliphatic carbocycles. The smallest absolute Gasteiger partial charge is 0.187 e. The lowest BCUT2D eigenvalue weighted by molar-refractivity contribution is -0.376. The Morgan fingerprint density at radius 1 is 0.288 bits per heavy atom. The predicted molar refractivity (Wildman–Crippen MR) is 276 cm³/mol. The highest BCUT2D eigenvalue weighted by atomic mass is 16.8. The summed E-state index contributed by atoms with van der Waals surface area (Å²) in [6.07, 6.45) is -8.10. The summed E-state index contributed by atoms with van der Waals surface area (Å²) in [6, 6.07) is 70.4. The van der Waals surface area contributed by atoms with E-state index in [2.05, 4.69) is 0 Å². The molecule has 2 saturated heterocycles. The second-order valence-corrected chi connectivity index (χ2v) is 18.2. The van der Waals surface area contributed by atoms with Crippen LogP contribution in [-0.2, 0) is 98.4 Å². The fourth-order valence-corrected chi connectivity index (χ4v) is 9.14. The monoisotopic (exact) mass is 986 g/mol. The predicted octanol–water partition coefficient (Wildman–Crippen LogP) is 10.8. The van der Waals surface area contributed by atoms with Crippen LogP contribution in [0.4, 0.5) is 0 Å². The molecule has 2 heterocycles. The highest BCUT2D eigenvalue weighted by Crippen LogP contribution is 2.37. The van der Waals surface area contributed by atoms with Crippen molar-refractivity contribution in [3.63, 3.8) is 0 Å². The lowest BCUT2D eigenvalue weighted by atomic mass is 9.95. The molecule has 73 heavy (non-hydrogen) atoms. The second kappa shape index (κ2) is 28.0. The van der Waals surface area contributed by atoms with Gasteiger partial charge in [0.05, 0.1) is 59.5 Å². The molecule has 2 fully saturated rings. The highest BCUT2D eigenvalue weighted by molar-refractivity contribution is 5.19. The number of methoxy groups -OCH3 is 1. The zero-order valence-corrected chi connectivity index (χ0v) is 41.3. The molecule has 2 aliphatic rings. The van der Waals surface area contributed by atoms with Crippen LogP contribution >= 0.6 is 0 Å². The fraction of sp³-hybridized carbons (Fsp3) is 0.323. The minimum atomic E-state index is -1.09. The molecule has 0 unspecified atom stereocenters. The van der Waals surface area contributed by atoms with Gasteiger partial charge in [0, 0.05) is 7.11 Å². The van der Waals surface area contributed by atoms with E-state index in [0.717, 1.165) is 38.9 Å². The maximum Gasteiger partial charge on any atom is 0.187 e. The van der Waals surface area contributed by atoms with Gasteiger partial charge in [-0.1, -0.05) is 212 Å². The molecule has 0 aromatic heterocycles. The lowest BCUT2D eigenvalue weighted by Crippen LogP contribution is -2.66. The van der Waals surface area contributed by atoms with Crippen molar-refractivity contribution >= 4 is 0 Å².